The zero-order valence-corrected chi connectivity index (χ0v) is 15.4. The van der Waals surface area contributed by atoms with Gasteiger partial charge >= 0.3 is 6.03 Å². The molecule has 0 fully saturated rings. The molecule has 1 atom stereocenters. The van der Waals surface area contributed by atoms with Gasteiger partial charge in [0.05, 0.1) is 6.04 Å². The van der Waals surface area contributed by atoms with Gasteiger partial charge in [-0.15, -0.1) is 0 Å². The van der Waals surface area contributed by atoms with E-state index in [2.05, 4.69) is 16.0 Å². The first-order valence-corrected chi connectivity index (χ1v) is 8.46. The van der Waals surface area contributed by atoms with Gasteiger partial charge in [-0.3, -0.25) is 4.79 Å². The molecule has 0 saturated heterocycles. The molecule has 2 aromatic carbocycles. The zero-order chi connectivity index (χ0) is 18.4. The summed E-state index contributed by atoms with van der Waals surface area (Å²) in [6, 6.07) is 11.6. The van der Waals surface area contributed by atoms with Crippen LogP contribution in [0.15, 0.2) is 42.5 Å². The summed E-state index contributed by atoms with van der Waals surface area (Å²) >= 11 is 12.0. The third kappa shape index (κ3) is 5.37. The highest BCUT2D eigenvalue weighted by molar-refractivity contribution is 6.35. The first-order valence-electron chi connectivity index (χ1n) is 7.71. The largest absolute Gasteiger partial charge is 0.355 e. The Labute approximate surface area is 156 Å². The lowest BCUT2D eigenvalue weighted by molar-refractivity contribution is 0.0963. The fourth-order valence-electron chi connectivity index (χ4n) is 2.28. The van der Waals surface area contributed by atoms with Gasteiger partial charge in [0.2, 0.25) is 0 Å². The number of nitrogens with one attached hydrogen (secondary N) is 3. The van der Waals surface area contributed by atoms with Crippen LogP contribution in [-0.4, -0.2) is 19.0 Å². The monoisotopic (exact) mass is 379 g/mol. The van der Waals surface area contributed by atoms with Crippen molar-refractivity contribution in [1.29, 1.82) is 0 Å². The molecule has 2 aromatic rings. The molecule has 25 heavy (non-hydrogen) atoms. The van der Waals surface area contributed by atoms with Crippen LogP contribution in [0.1, 0.15) is 34.5 Å². The van der Waals surface area contributed by atoms with Crippen molar-refractivity contribution >= 4 is 35.1 Å². The molecule has 3 amide bonds. The summed E-state index contributed by atoms with van der Waals surface area (Å²) in [5, 5.41) is 9.21. The van der Waals surface area contributed by atoms with Gasteiger partial charge in [0.15, 0.2) is 0 Å². The Hall–Kier alpha value is -2.24. The standard InChI is InChI=1S/C18H19Cl2N3O2/c1-11(15-8-7-14(19)9-16(15)20)23-18(25)22-10-12-3-5-13(6-4-12)17(24)21-2/h3-9,11H,10H2,1-2H3,(H,21,24)(H2,22,23,25)/t11-/m0/s1. The summed E-state index contributed by atoms with van der Waals surface area (Å²) < 4.78 is 0. The number of halogens is 2. The van der Waals surface area contributed by atoms with Gasteiger partial charge in [-0.2, -0.15) is 0 Å². The van der Waals surface area contributed by atoms with E-state index in [-0.39, 0.29) is 18.0 Å². The highest BCUT2D eigenvalue weighted by Gasteiger charge is 2.13. The third-order valence-corrected chi connectivity index (χ3v) is 4.24. The van der Waals surface area contributed by atoms with Crippen LogP contribution in [-0.2, 0) is 6.54 Å². The molecule has 0 aliphatic heterocycles. The second-order valence-electron chi connectivity index (χ2n) is 5.49. The zero-order valence-electron chi connectivity index (χ0n) is 13.9. The molecule has 0 radical (unpaired) electrons. The smallest absolute Gasteiger partial charge is 0.315 e. The van der Waals surface area contributed by atoms with Gasteiger partial charge in [-0.1, -0.05) is 41.4 Å². The van der Waals surface area contributed by atoms with Crippen LogP contribution in [0.4, 0.5) is 4.79 Å². The Balaban J connectivity index is 1.88. The van der Waals surface area contributed by atoms with Gasteiger partial charge in [0, 0.05) is 29.2 Å². The summed E-state index contributed by atoms with van der Waals surface area (Å²) in [4.78, 5) is 23.5. The average Bonchev–Trinajstić information content (AvgIpc) is 2.59. The van der Waals surface area contributed by atoms with Crippen molar-refractivity contribution < 1.29 is 9.59 Å². The molecular weight excluding hydrogens is 361 g/mol. The minimum Gasteiger partial charge on any atom is -0.355 e. The average molecular weight is 380 g/mol. The van der Waals surface area contributed by atoms with Gasteiger partial charge in [0.1, 0.15) is 0 Å². The van der Waals surface area contributed by atoms with E-state index in [1.807, 2.05) is 6.92 Å². The first kappa shape index (κ1) is 19.1. The van der Waals surface area contributed by atoms with Crippen LogP contribution in [0, 0.1) is 0 Å². The first-order chi connectivity index (χ1) is 11.9. The van der Waals surface area contributed by atoms with Crippen molar-refractivity contribution in [3.05, 3.63) is 69.2 Å². The van der Waals surface area contributed by atoms with Crippen molar-refractivity contribution in [3.8, 4) is 0 Å². The highest BCUT2D eigenvalue weighted by atomic mass is 35.5. The fourth-order valence-corrected chi connectivity index (χ4v) is 2.85. The van der Waals surface area contributed by atoms with Gasteiger partial charge in [0.25, 0.3) is 5.91 Å². The molecule has 0 heterocycles. The Morgan fingerprint density at radius 3 is 2.36 bits per heavy atom. The summed E-state index contributed by atoms with van der Waals surface area (Å²) in [7, 11) is 1.58. The van der Waals surface area contributed by atoms with Crippen molar-refractivity contribution in [2.45, 2.75) is 19.5 Å². The molecular formula is C18H19Cl2N3O2. The molecule has 0 aromatic heterocycles. The van der Waals surface area contributed by atoms with Crippen LogP contribution in [0.3, 0.4) is 0 Å². The van der Waals surface area contributed by atoms with E-state index in [9.17, 15) is 9.59 Å². The number of carbonyl (C=O) groups is 2. The lowest BCUT2D eigenvalue weighted by Crippen LogP contribution is -2.36. The van der Waals surface area contributed by atoms with Crippen molar-refractivity contribution in [2.75, 3.05) is 7.05 Å². The van der Waals surface area contributed by atoms with E-state index in [4.69, 9.17) is 23.2 Å². The Bertz CT molecular complexity index is 763. The van der Waals surface area contributed by atoms with E-state index < -0.39 is 0 Å². The second kappa shape index (κ2) is 8.74. The van der Waals surface area contributed by atoms with E-state index in [1.54, 1.807) is 49.5 Å². The minimum atomic E-state index is -0.311. The van der Waals surface area contributed by atoms with Gasteiger partial charge in [-0.05, 0) is 42.3 Å². The molecule has 2 rings (SSSR count). The Morgan fingerprint density at radius 2 is 1.76 bits per heavy atom. The van der Waals surface area contributed by atoms with Gasteiger partial charge in [-0.25, -0.2) is 4.79 Å². The maximum Gasteiger partial charge on any atom is 0.315 e. The van der Waals surface area contributed by atoms with E-state index in [1.165, 1.54) is 0 Å². The lowest BCUT2D eigenvalue weighted by Gasteiger charge is -2.16. The number of carbonyl (C=O) groups excluding carboxylic acids is 2. The second-order valence-corrected chi connectivity index (χ2v) is 6.33. The molecule has 7 heteroatoms. The van der Waals surface area contributed by atoms with Crippen LogP contribution in [0.2, 0.25) is 10.0 Å². The molecule has 0 aliphatic rings. The summed E-state index contributed by atoms with van der Waals surface area (Å²) in [6.07, 6.45) is 0. The molecule has 0 saturated carbocycles. The molecule has 0 spiro atoms. The molecule has 132 valence electrons. The van der Waals surface area contributed by atoms with Crippen LogP contribution in [0.25, 0.3) is 0 Å². The predicted octanol–water partition coefficient (Wildman–Crippen LogP) is 3.91. The highest BCUT2D eigenvalue weighted by Crippen LogP contribution is 2.25. The summed E-state index contributed by atoms with van der Waals surface area (Å²) in [5.41, 5.74) is 2.25. The summed E-state index contributed by atoms with van der Waals surface area (Å²) in [6.45, 7) is 2.19. The van der Waals surface area contributed by atoms with E-state index in [0.717, 1.165) is 11.1 Å². The number of hydrogen-bond acceptors (Lipinski definition) is 2. The lowest BCUT2D eigenvalue weighted by atomic mass is 10.1. The third-order valence-electron chi connectivity index (χ3n) is 3.67. The molecule has 5 nitrogen and oxygen atoms in total. The SMILES string of the molecule is CNC(=O)c1ccc(CNC(=O)N[C@@H](C)c2ccc(Cl)cc2Cl)cc1. The van der Waals surface area contributed by atoms with E-state index in [0.29, 0.717) is 22.2 Å². The molecule has 0 unspecified atom stereocenters. The van der Waals surface area contributed by atoms with Crippen LogP contribution in [0.5, 0.6) is 0 Å². The van der Waals surface area contributed by atoms with Gasteiger partial charge < -0.3 is 16.0 Å². The van der Waals surface area contributed by atoms with Crippen molar-refractivity contribution in [1.82, 2.24) is 16.0 Å². The van der Waals surface area contributed by atoms with Crippen molar-refractivity contribution in [2.24, 2.45) is 0 Å². The quantitative estimate of drug-likeness (QED) is 0.736. The predicted molar refractivity (Wildman–Crippen MR) is 100 cm³/mol. The Morgan fingerprint density at radius 1 is 1.08 bits per heavy atom. The van der Waals surface area contributed by atoms with Crippen LogP contribution < -0.4 is 16.0 Å². The topological polar surface area (TPSA) is 70.2 Å². The molecule has 0 aliphatic carbocycles. The number of hydrogen-bond donors (Lipinski definition) is 3. The maximum atomic E-state index is 12.0. The molecule has 3 N–H and O–H groups in total. The number of benzene rings is 2. The van der Waals surface area contributed by atoms with E-state index >= 15 is 0 Å². The normalized spacial score (nSPS) is 11.5. The Kier molecular flexibility index (Phi) is 6.67. The van der Waals surface area contributed by atoms with Crippen LogP contribution >= 0.6 is 23.2 Å². The minimum absolute atomic E-state index is 0.147. The molecule has 0 bridgehead atoms. The number of amides is 3. The fraction of sp³-hybridized carbons (Fsp3) is 0.222. The summed E-state index contributed by atoms with van der Waals surface area (Å²) in [5.74, 6) is -0.147. The number of urea groups is 1. The maximum absolute atomic E-state index is 12.0. The van der Waals surface area contributed by atoms with Crippen molar-refractivity contribution in [3.63, 3.8) is 0 Å². The number of rotatable bonds is 5.